The lowest BCUT2D eigenvalue weighted by molar-refractivity contribution is -0.917. The average molecular weight is 332 g/mol. The fourth-order valence-corrected chi connectivity index (χ4v) is 3.52. The maximum atomic E-state index is 12.5. The molecular weight excluding hydrogens is 310 g/mol. The normalized spacial score (nSPS) is 15.4. The summed E-state index contributed by atoms with van der Waals surface area (Å²) in [6.07, 6.45) is 3.35. The summed E-state index contributed by atoms with van der Waals surface area (Å²) in [5, 5.41) is 2.58. The molecule has 0 aliphatic carbocycles. The Morgan fingerprint density at radius 3 is 2.44 bits per heavy atom. The Balaban J connectivity index is 1.37. The Labute approximate surface area is 147 Å². The molecule has 2 heterocycles. The summed E-state index contributed by atoms with van der Waals surface area (Å²) >= 11 is 0. The van der Waals surface area contributed by atoms with Crippen molar-refractivity contribution in [1.82, 2.24) is 9.88 Å². The molecule has 1 aromatic heterocycles. The van der Waals surface area contributed by atoms with Gasteiger partial charge in [-0.2, -0.15) is 0 Å². The quantitative estimate of drug-likeness (QED) is 0.794. The van der Waals surface area contributed by atoms with E-state index >= 15 is 0 Å². The molecule has 4 heteroatoms. The van der Waals surface area contributed by atoms with Crippen LogP contribution in [0.3, 0.4) is 0 Å². The molecule has 0 saturated carbocycles. The van der Waals surface area contributed by atoms with Crippen molar-refractivity contribution in [2.45, 2.75) is 6.54 Å². The molecule has 0 bridgehead atoms. The molecule has 0 spiro atoms. The predicted molar refractivity (Wildman–Crippen MR) is 98.5 cm³/mol. The summed E-state index contributed by atoms with van der Waals surface area (Å²) < 4.78 is 0. The van der Waals surface area contributed by atoms with Crippen LogP contribution < -0.4 is 4.90 Å². The third kappa shape index (κ3) is 3.54. The number of carbonyl (C=O) groups excluding carboxylic acids is 1. The predicted octanol–water partition coefficient (Wildman–Crippen LogP) is 1.78. The van der Waals surface area contributed by atoms with Gasteiger partial charge in [0, 0.05) is 23.5 Å². The number of quaternary nitrogens is 1. The maximum Gasteiger partial charge on any atom is 0.254 e. The van der Waals surface area contributed by atoms with Crippen LogP contribution in [0, 0.1) is 0 Å². The van der Waals surface area contributed by atoms with Gasteiger partial charge in [0.15, 0.2) is 0 Å². The topological polar surface area (TPSA) is 37.6 Å². The molecule has 126 valence electrons. The molecule has 3 aromatic rings. The number of pyridine rings is 1. The number of amides is 1. The van der Waals surface area contributed by atoms with Crippen LogP contribution in [0.15, 0.2) is 67.0 Å². The van der Waals surface area contributed by atoms with Crippen molar-refractivity contribution < 1.29 is 9.69 Å². The first kappa shape index (κ1) is 15.8. The number of nitrogens with one attached hydrogen (secondary N) is 1. The summed E-state index contributed by atoms with van der Waals surface area (Å²) in [4.78, 5) is 20.0. The van der Waals surface area contributed by atoms with Crippen LogP contribution in [-0.2, 0) is 6.54 Å². The van der Waals surface area contributed by atoms with Gasteiger partial charge < -0.3 is 9.80 Å². The Morgan fingerprint density at radius 1 is 0.960 bits per heavy atom. The molecule has 1 fully saturated rings. The average Bonchev–Trinajstić information content (AvgIpc) is 2.69. The number of hydrogen-bond donors (Lipinski definition) is 1. The maximum absolute atomic E-state index is 12.5. The van der Waals surface area contributed by atoms with Crippen molar-refractivity contribution in [3.8, 4) is 0 Å². The Bertz CT molecular complexity index is 870. The molecule has 1 amide bonds. The van der Waals surface area contributed by atoms with Crippen LogP contribution >= 0.6 is 0 Å². The van der Waals surface area contributed by atoms with Crippen LogP contribution in [0.4, 0.5) is 0 Å². The van der Waals surface area contributed by atoms with E-state index < -0.39 is 0 Å². The van der Waals surface area contributed by atoms with Crippen molar-refractivity contribution in [2.75, 3.05) is 26.2 Å². The largest absolute Gasteiger partial charge is 0.328 e. The Kier molecular flexibility index (Phi) is 4.44. The van der Waals surface area contributed by atoms with E-state index in [0.717, 1.165) is 38.3 Å². The molecule has 1 saturated heterocycles. The molecule has 1 aliphatic heterocycles. The van der Waals surface area contributed by atoms with Crippen molar-refractivity contribution in [3.63, 3.8) is 0 Å². The number of aromatic nitrogens is 1. The summed E-state index contributed by atoms with van der Waals surface area (Å²) in [5.41, 5.74) is 2.09. The van der Waals surface area contributed by atoms with Crippen molar-refractivity contribution >= 4 is 16.7 Å². The second-order valence-corrected chi connectivity index (χ2v) is 6.64. The summed E-state index contributed by atoms with van der Waals surface area (Å²) in [7, 11) is 0. The van der Waals surface area contributed by atoms with Gasteiger partial charge in [0.2, 0.25) is 0 Å². The lowest BCUT2D eigenvalue weighted by atomic mass is 10.1. The zero-order valence-electron chi connectivity index (χ0n) is 14.2. The minimum atomic E-state index is 0.118. The zero-order chi connectivity index (χ0) is 17.1. The molecule has 1 aliphatic rings. The third-order valence-corrected chi connectivity index (χ3v) is 4.95. The van der Waals surface area contributed by atoms with Gasteiger partial charge in [-0.3, -0.25) is 9.78 Å². The highest BCUT2D eigenvalue weighted by Gasteiger charge is 2.24. The monoisotopic (exact) mass is 332 g/mol. The number of carbonyl (C=O) groups is 1. The van der Waals surface area contributed by atoms with E-state index in [1.807, 2.05) is 4.90 Å². The minimum Gasteiger partial charge on any atom is -0.328 e. The fraction of sp³-hybridized carbons (Fsp3) is 0.238. The van der Waals surface area contributed by atoms with E-state index in [2.05, 4.69) is 47.4 Å². The second-order valence-electron chi connectivity index (χ2n) is 6.64. The molecule has 25 heavy (non-hydrogen) atoms. The number of piperazine rings is 1. The number of fused-ring (bicyclic) bond motifs is 1. The van der Waals surface area contributed by atoms with Gasteiger partial charge >= 0.3 is 0 Å². The number of nitrogens with zero attached hydrogens (tertiary/aromatic N) is 2. The van der Waals surface area contributed by atoms with E-state index in [1.165, 1.54) is 21.2 Å². The SMILES string of the molecule is O=C(c1ccncc1)N1CC[NH+](Cc2ccc3ccccc3c2)CC1. The summed E-state index contributed by atoms with van der Waals surface area (Å²) in [6.45, 7) is 4.61. The van der Waals surface area contributed by atoms with Crippen molar-refractivity contribution in [2.24, 2.45) is 0 Å². The van der Waals surface area contributed by atoms with Gasteiger partial charge in [-0.05, 0) is 29.0 Å². The first-order valence-corrected chi connectivity index (χ1v) is 8.80. The Morgan fingerprint density at radius 2 is 1.68 bits per heavy atom. The molecule has 0 unspecified atom stereocenters. The zero-order valence-corrected chi connectivity index (χ0v) is 14.2. The first-order chi connectivity index (χ1) is 12.3. The molecule has 1 N–H and O–H groups in total. The van der Waals surface area contributed by atoms with Crippen LogP contribution in [0.2, 0.25) is 0 Å². The lowest BCUT2D eigenvalue weighted by Gasteiger charge is -2.32. The fourth-order valence-electron chi connectivity index (χ4n) is 3.52. The highest BCUT2D eigenvalue weighted by Crippen LogP contribution is 2.15. The summed E-state index contributed by atoms with van der Waals surface area (Å²) in [6, 6.07) is 18.8. The number of benzene rings is 2. The van der Waals surface area contributed by atoms with Crippen LogP contribution in [0.5, 0.6) is 0 Å². The third-order valence-electron chi connectivity index (χ3n) is 4.95. The van der Waals surface area contributed by atoms with Gasteiger partial charge in [-0.25, -0.2) is 0 Å². The molecule has 4 nitrogen and oxygen atoms in total. The highest BCUT2D eigenvalue weighted by atomic mass is 16.2. The lowest BCUT2D eigenvalue weighted by Crippen LogP contribution is -3.13. The minimum absolute atomic E-state index is 0.118. The van der Waals surface area contributed by atoms with Gasteiger partial charge in [0.05, 0.1) is 26.2 Å². The number of rotatable bonds is 3. The summed E-state index contributed by atoms with van der Waals surface area (Å²) in [5.74, 6) is 0.118. The molecule has 2 aromatic carbocycles. The van der Waals surface area contributed by atoms with Crippen LogP contribution in [-0.4, -0.2) is 42.0 Å². The Hall–Kier alpha value is -2.72. The van der Waals surface area contributed by atoms with Gasteiger partial charge in [0.25, 0.3) is 5.91 Å². The molecular formula is C21H22N3O+. The molecule has 4 rings (SSSR count). The standard InChI is InChI=1S/C21H21N3O/c25-21(19-7-9-22-10-8-19)24-13-11-23(12-14-24)16-17-5-6-18-3-1-2-4-20(18)15-17/h1-10,15H,11-14,16H2/p+1. The van der Waals surface area contributed by atoms with E-state index in [1.54, 1.807) is 24.5 Å². The van der Waals surface area contributed by atoms with Crippen LogP contribution in [0.25, 0.3) is 10.8 Å². The van der Waals surface area contributed by atoms with Gasteiger partial charge in [-0.15, -0.1) is 0 Å². The van der Waals surface area contributed by atoms with E-state index in [0.29, 0.717) is 0 Å². The smallest absolute Gasteiger partial charge is 0.254 e. The second kappa shape index (κ2) is 7.03. The van der Waals surface area contributed by atoms with Gasteiger partial charge in [0.1, 0.15) is 6.54 Å². The van der Waals surface area contributed by atoms with Crippen LogP contribution in [0.1, 0.15) is 15.9 Å². The molecule has 0 radical (unpaired) electrons. The van der Waals surface area contributed by atoms with Crippen molar-refractivity contribution in [3.05, 3.63) is 78.1 Å². The first-order valence-electron chi connectivity index (χ1n) is 8.80. The van der Waals surface area contributed by atoms with Crippen molar-refractivity contribution in [1.29, 1.82) is 0 Å². The molecule has 0 atom stereocenters. The van der Waals surface area contributed by atoms with Gasteiger partial charge in [-0.1, -0.05) is 36.4 Å². The highest BCUT2D eigenvalue weighted by molar-refractivity contribution is 5.94. The van der Waals surface area contributed by atoms with E-state index in [4.69, 9.17) is 0 Å². The number of hydrogen-bond acceptors (Lipinski definition) is 2. The van der Waals surface area contributed by atoms with E-state index in [-0.39, 0.29) is 5.91 Å². The van der Waals surface area contributed by atoms with E-state index in [9.17, 15) is 4.79 Å².